The summed E-state index contributed by atoms with van der Waals surface area (Å²) in [5.41, 5.74) is 0.742. The van der Waals surface area contributed by atoms with E-state index in [9.17, 15) is 18.0 Å². The van der Waals surface area contributed by atoms with Gasteiger partial charge >= 0.3 is 6.36 Å². The van der Waals surface area contributed by atoms with Crippen LogP contribution in [-0.4, -0.2) is 12.3 Å². The number of amides is 1. The fourth-order valence-electron chi connectivity index (χ4n) is 1.58. The Morgan fingerprint density at radius 1 is 1.33 bits per heavy atom. The Balaban J connectivity index is 2.05. The molecule has 0 bridgehead atoms. The Kier molecular flexibility index (Phi) is 5.09. The molecule has 0 radical (unpaired) electrons. The first kappa shape index (κ1) is 16.1. The van der Waals surface area contributed by atoms with Crippen LogP contribution in [0.1, 0.15) is 15.9 Å². The molecule has 0 aliphatic carbocycles. The molecule has 21 heavy (non-hydrogen) atoms. The largest absolute Gasteiger partial charge is 0.573 e. The highest BCUT2D eigenvalue weighted by Gasteiger charge is 2.31. The number of nitrogens with one attached hydrogen (secondary N) is 1. The summed E-state index contributed by atoms with van der Waals surface area (Å²) in [6.45, 7) is -0.0441. The van der Waals surface area contributed by atoms with Crippen LogP contribution < -0.4 is 10.1 Å². The molecule has 0 unspecified atom stereocenters. The van der Waals surface area contributed by atoms with Gasteiger partial charge in [-0.25, -0.2) is 0 Å². The molecule has 3 nitrogen and oxygen atoms in total. The highest BCUT2D eigenvalue weighted by molar-refractivity contribution is 14.1. The van der Waals surface area contributed by atoms with Crippen molar-refractivity contribution in [3.05, 3.63) is 49.7 Å². The van der Waals surface area contributed by atoms with Gasteiger partial charge in [-0.05, 0) is 34.7 Å². The van der Waals surface area contributed by atoms with Gasteiger partial charge in [-0.1, -0.05) is 18.2 Å². The number of carbonyl (C=O) groups is 1. The predicted octanol–water partition coefficient (Wildman–Crippen LogP) is 4.18. The molecule has 2 aromatic rings. The Labute approximate surface area is 136 Å². The molecule has 0 aliphatic heterocycles. The van der Waals surface area contributed by atoms with E-state index in [4.69, 9.17) is 0 Å². The van der Waals surface area contributed by atoms with Crippen LogP contribution in [0.15, 0.2) is 35.7 Å². The van der Waals surface area contributed by atoms with Gasteiger partial charge in [-0.2, -0.15) is 0 Å². The molecule has 1 aromatic carbocycles. The molecule has 1 amide bonds. The number of alkyl halides is 3. The third-order valence-electron chi connectivity index (χ3n) is 2.47. The summed E-state index contributed by atoms with van der Waals surface area (Å²) in [5.74, 6) is -0.652. The molecule has 112 valence electrons. The maximum absolute atomic E-state index is 12.3. The molecule has 1 aromatic heterocycles. The summed E-state index contributed by atoms with van der Waals surface area (Å²) in [4.78, 5) is 11.9. The molecule has 1 heterocycles. The van der Waals surface area contributed by atoms with Crippen LogP contribution in [0.4, 0.5) is 13.2 Å². The Hall–Kier alpha value is -1.29. The SMILES string of the molecule is O=C(NCc1ccccc1OC(F)(F)F)c1csc(I)c1. The second-order valence-electron chi connectivity index (χ2n) is 3.98. The van der Waals surface area contributed by atoms with E-state index < -0.39 is 6.36 Å². The molecule has 0 saturated carbocycles. The first-order valence-corrected chi connectivity index (χ1v) is 7.67. The molecule has 1 N–H and O–H groups in total. The predicted molar refractivity (Wildman–Crippen MR) is 81.3 cm³/mol. The summed E-state index contributed by atoms with van der Waals surface area (Å²) >= 11 is 3.51. The van der Waals surface area contributed by atoms with Crippen LogP contribution >= 0.6 is 33.9 Å². The topological polar surface area (TPSA) is 38.3 Å². The van der Waals surface area contributed by atoms with E-state index in [1.165, 1.54) is 29.5 Å². The second kappa shape index (κ2) is 6.65. The number of carbonyl (C=O) groups excluding carboxylic acids is 1. The fraction of sp³-hybridized carbons (Fsp3) is 0.154. The van der Waals surface area contributed by atoms with Gasteiger partial charge in [0, 0.05) is 17.5 Å². The Morgan fingerprint density at radius 3 is 2.67 bits per heavy atom. The van der Waals surface area contributed by atoms with Crippen molar-refractivity contribution in [2.75, 3.05) is 0 Å². The van der Waals surface area contributed by atoms with E-state index in [1.54, 1.807) is 17.5 Å². The zero-order chi connectivity index (χ0) is 15.5. The normalized spacial score (nSPS) is 11.2. The average Bonchev–Trinajstić information content (AvgIpc) is 2.82. The summed E-state index contributed by atoms with van der Waals surface area (Å²) < 4.78 is 41.7. The first-order chi connectivity index (χ1) is 9.85. The molecule has 0 spiro atoms. The van der Waals surface area contributed by atoms with Crippen LogP contribution in [0.3, 0.4) is 0 Å². The Bertz CT molecular complexity index is 642. The van der Waals surface area contributed by atoms with Crippen LogP contribution in [0.25, 0.3) is 0 Å². The number of ether oxygens (including phenoxy) is 1. The van der Waals surface area contributed by atoms with Crippen LogP contribution in [0.5, 0.6) is 5.75 Å². The lowest BCUT2D eigenvalue weighted by Crippen LogP contribution is -2.24. The summed E-state index contributed by atoms with van der Waals surface area (Å²) in [6, 6.07) is 7.41. The second-order valence-corrected chi connectivity index (χ2v) is 6.78. The highest BCUT2D eigenvalue weighted by Crippen LogP contribution is 2.26. The van der Waals surface area contributed by atoms with Gasteiger partial charge in [0.15, 0.2) is 0 Å². The van der Waals surface area contributed by atoms with E-state index in [-0.39, 0.29) is 23.8 Å². The van der Waals surface area contributed by atoms with Crippen molar-refractivity contribution in [1.82, 2.24) is 5.32 Å². The summed E-state index contributed by atoms with van der Waals surface area (Å²) in [6.07, 6.45) is -4.76. The fourth-order valence-corrected chi connectivity index (χ4v) is 2.91. The summed E-state index contributed by atoms with van der Waals surface area (Å²) in [5, 5.41) is 4.26. The van der Waals surface area contributed by atoms with E-state index in [0.717, 1.165) is 2.88 Å². The molecule has 0 atom stereocenters. The zero-order valence-electron chi connectivity index (χ0n) is 10.4. The van der Waals surface area contributed by atoms with E-state index in [0.29, 0.717) is 5.56 Å². The first-order valence-electron chi connectivity index (χ1n) is 5.71. The minimum Gasteiger partial charge on any atom is -0.405 e. The van der Waals surface area contributed by atoms with Gasteiger partial charge in [0.1, 0.15) is 5.75 Å². The number of para-hydroxylation sites is 1. The third-order valence-corrected chi connectivity index (χ3v) is 4.26. The number of hydrogen-bond donors (Lipinski definition) is 1. The van der Waals surface area contributed by atoms with Crippen molar-refractivity contribution in [2.24, 2.45) is 0 Å². The third kappa shape index (κ3) is 4.88. The smallest absolute Gasteiger partial charge is 0.405 e. The van der Waals surface area contributed by atoms with Gasteiger partial charge in [0.2, 0.25) is 0 Å². The molecule has 0 saturated heterocycles. The van der Waals surface area contributed by atoms with Crippen LogP contribution in [0.2, 0.25) is 0 Å². The van der Waals surface area contributed by atoms with Gasteiger partial charge in [0.25, 0.3) is 5.91 Å². The van der Waals surface area contributed by atoms with Crippen LogP contribution in [0, 0.1) is 2.88 Å². The number of halogens is 4. The average molecular weight is 427 g/mol. The number of hydrogen-bond acceptors (Lipinski definition) is 3. The lowest BCUT2D eigenvalue weighted by Gasteiger charge is -2.13. The molecule has 0 aliphatic rings. The quantitative estimate of drug-likeness (QED) is 0.744. The highest BCUT2D eigenvalue weighted by atomic mass is 127. The number of thiophene rings is 1. The zero-order valence-corrected chi connectivity index (χ0v) is 13.4. The van der Waals surface area contributed by atoms with Gasteiger partial charge in [-0.3, -0.25) is 4.79 Å². The molecular formula is C13H9F3INO2S. The van der Waals surface area contributed by atoms with Gasteiger partial charge in [0.05, 0.1) is 8.45 Å². The standard InChI is InChI=1S/C13H9F3INO2S/c14-13(15,16)20-10-4-2-1-3-8(10)6-18-12(19)9-5-11(17)21-7-9/h1-5,7H,6H2,(H,18,19). The van der Waals surface area contributed by atoms with E-state index in [2.05, 4.69) is 32.6 Å². The molecule has 0 fully saturated rings. The number of benzene rings is 1. The van der Waals surface area contributed by atoms with Crippen molar-refractivity contribution in [1.29, 1.82) is 0 Å². The van der Waals surface area contributed by atoms with Gasteiger partial charge in [-0.15, -0.1) is 24.5 Å². The van der Waals surface area contributed by atoms with Crippen molar-refractivity contribution >= 4 is 39.8 Å². The molecule has 2 rings (SSSR count). The van der Waals surface area contributed by atoms with Crippen molar-refractivity contribution < 1.29 is 22.7 Å². The minimum atomic E-state index is -4.76. The van der Waals surface area contributed by atoms with Crippen molar-refractivity contribution in [2.45, 2.75) is 12.9 Å². The monoisotopic (exact) mass is 427 g/mol. The van der Waals surface area contributed by atoms with E-state index in [1.807, 2.05) is 0 Å². The maximum atomic E-state index is 12.3. The van der Waals surface area contributed by atoms with Crippen molar-refractivity contribution in [3.8, 4) is 5.75 Å². The maximum Gasteiger partial charge on any atom is 0.573 e. The number of rotatable bonds is 4. The Morgan fingerprint density at radius 2 is 2.05 bits per heavy atom. The van der Waals surface area contributed by atoms with E-state index >= 15 is 0 Å². The minimum absolute atomic E-state index is 0.0441. The molecular weight excluding hydrogens is 418 g/mol. The molecule has 8 heteroatoms. The lowest BCUT2D eigenvalue weighted by molar-refractivity contribution is -0.274. The lowest BCUT2D eigenvalue weighted by atomic mass is 10.2. The van der Waals surface area contributed by atoms with Crippen LogP contribution in [-0.2, 0) is 6.54 Å². The summed E-state index contributed by atoms with van der Waals surface area (Å²) in [7, 11) is 0. The van der Waals surface area contributed by atoms with Gasteiger partial charge < -0.3 is 10.1 Å². The van der Waals surface area contributed by atoms with Crippen molar-refractivity contribution in [3.63, 3.8) is 0 Å².